The second-order valence-corrected chi connectivity index (χ2v) is 5.92. The molecule has 0 amide bonds. The lowest BCUT2D eigenvalue weighted by atomic mass is 10.1. The van der Waals surface area contributed by atoms with Crippen LogP contribution >= 0.6 is 0 Å². The van der Waals surface area contributed by atoms with Crippen molar-refractivity contribution < 1.29 is 14.2 Å². The molecule has 0 radical (unpaired) electrons. The standard InChI is InChI=1S/C17H22FN3O2/c1-12-8-17(15-9-13(18)2-3-16(15)20-12)19-10-14(22)11-21-4-6-23-7-5-21/h2-3,8-9,14,22H,4-7,10-11H2,1H3,(H,19,20). The summed E-state index contributed by atoms with van der Waals surface area (Å²) in [4.78, 5) is 6.59. The zero-order chi connectivity index (χ0) is 16.2. The van der Waals surface area contributed by atoms with Crippen LogP contribution in [0.4, 0.5) is 10.1 Å². The molecule has 0 spiro atoms. The molecule has 2 aromatic rings. The van der Waals surface area contributed by atoms with Gasteiger partial charge in [-0.15, -0.1) is 0 Å². The van der Waals surface area contributed by atoms with Crippen LogP contribution in [0, 0.1) is 12.7 Å². The van der Waals surface area contributed by atoms with Gasteiger partial charge >= 0.3 is 0 Å². The van der Waals surface area contributed by atoms with Gasteiger partial charge in [0.1, 0.15) is 5.82 Å². The monoisotopic (exact) mass is 319 g/mol. The van der Waals surface area contributed by atoms with Gasteiger partial charge in [0.25, 0.3) is 0 Å². The summed E-state index contributed by atoms with van der Waals surface area (Å²) in [6, 6.07) is 6.43. The summed E-state index contributed by atoms with van der Waals surface area (Å²) in [7, 11) is 0. The molecule has 1 aliphatic rings. The number of aromatic nitrogens is 1. The van der Waals surface area contributed by atoms with E-state index in [2.05, 4.69) is 15.2 Å². The maximum atomic E-state index is 13.5. The van der Waals surface area contributed by atoms with E-state index in [0.717, 1.165) is 35.4 Å². The van der Waals surface area contributed by atoms with Crippen molar-refractivity contribution in [2.75, 3.05) is 44.7 Å². The molecule has 2 N–H and O–H groups in total. The highest BCUT2D eigenvalue weighted by molar-refractivity contribution is 5.91. The van der Waals surface area contributed by atoms with Crippen molar-refractivity contribution in [3.05, 3.63) is 35.8 Å². The van der Waals surface area contributed by atoms with Crippen LogP contribution in [-0.2, 0) is 4.74 Å². The SMILES string of the molecule is Cc1cc(NCC(O)CN2CCOCC2)c2cc(F)ccc2n1. The first-order valence-corrected chi connectivity index (χ1v) is 7.91. The summed E-state index contributed by atoms with van der Waals surface area (Å²) < 4.78 is 18.8. The summed E-state index contributed by atoms with van der Waals surface area (Å²) in [6.07, 6.45) is -0.495. The van der Waals surface area contributed by atoms with Gasteiger partial charge < -0.3 is 15.2 Å². The van der Waals surface area contributed by atoms with Crippen LogP contribution in [0.1, 0.15) is 5.69 Å². The Hall–Kier alpha value is -1.76. The van der Waals surface area contributed by atoms with Crippen LogP contribution in [0.15, 0.2) is 24.3 Å². The van der Waals surface area contributed by atoms with Crippen molar-refractivity contribution in [3.63, 3.8) is 0 Å². The summed E-state index contributed by atoms with van der Waals surface area (Å²) in [5, 5.41) is 14.2. The normalized spacial score (nSPS) is 17.3. The second kappa shape index (κ2) is 7.21. The molecule has 2 heterocycles. The molecule has 0 saturated carbocycles. The van der Waals surface area contributed by atoms with E-state index in [0.29, 0.717) is 26.3 Å². The first kappa shape index (κ1) is 16.1. The molecule has 3 rings (SSSR count). The van der Waals surface area contributed by atoms with Crippen molar-refractivity contribution in [1.82, 2.24) is 9.88 Å². The van der Waals surface area contributed by atoms with E-state index in [9.17, 15) is 9.50 Å². The molecule has 1 saturated heterocycles. The van der Waals surface area contributed by atoms with Crippen molar-refractivity contribution in [1.29, 1.82) is 0 Å². The van der Waals surface area contributed by atoms with E-state index < -0.39 is 6.10 Å². The Morgan fingerprint density at radius 3 is 2.91 bits per heavy atom. The van der Waals surface area contributed by atoms with Crippen LogP contribution in [0.3, 0.4) is 0 Å². The Morgan fingerprint density at radius 2 is 2.13 bits per heavy atom. The first-order chi connectivity index (χ1) is 11.1. The number of morpholine rings is 1. The summed E-state index contributed by atoms with van der Waals surface area (Å²) in [6.45, 7) is 6.04. The number of rotatable bonds is 5. The lowest BCUT2D eigenvalue weighted by molar-refractivity contribution is 0.0171. The van der Waals surface area contributed by atoms with E-state index in [1.54, 1.807) is 6.07 Å². The molecule has 1 aromatic heterocycles. The fourth-order valence-corrected chi connectivity index (χ4v) is 2.85. The molecule has 1 aromatic carbocycles. The highest BCUT2D eigenvalue weighted by Gasteiger charge is 2.15. The summed E-state index contributed by atoms with van der Waals surface area (Å²) in [5.74, 6) is -0.292. The first-order valence-electron chi connectivity index (χ1n) is 7.91. The quantitative estimate of drug-likeness (QED) is 0.880. The number of benzene rings is 1. The van der Waals surface area contributed by atoms with E-state index in [4.69, 9.17) is 4.74 Å². The van der Waals surface area contributed by atoms with Crippen LogP contribution in [0.5, 0.6) is 0 Å². The minimum absolute atomic E-state index is 0.292. The molecule has 1 atom stereocenters. The number of aliphatic hydroxyl groups is 1. The third-order valence-corrected chi connectivity index (χ3v) is 4.00. The molecule has 124 valence electrons. The molecule has 1 unspecified atom stereocenters. The zero-order valence-electron chi connectivity index (χ0n) is 13.3. The average molecular weight is 319 g/mol. The van der Waals surface area contributed by atoms with Crippen molar-refractivity contribution in [2.24, 2.45) is 0 Å². The maximum absolute atomic E-state index is 13.5. The molecule has 0 bridgehead atoms. The maximum Gasteiger partial charge on any atom is 0.124 e. The fourth-order valence-electron chi connectivity index (χ4n) is 2.85. The molecular weight excluding hydrogens is 297 g/mol. The van der Waals surface area contributed by atoms with Gasteiger partial charge in [-0.3, -0.25) is 9.88 Å². The van der Waals surface area contributed by atoms with E-state index in [-0.39, 0.29) is 5.82 Å². The van der Waals surface area contributed by atoms with Crippen LogP contribution in [0.25, 0.3) is 10.9 Å². The van der Waals surface area contributed by atoms with Gasteiger partial charge in [-0.2, -0.15) is 0 Å². The number of nitrogens with zero attached hydrogens (tertiary/aromatic N) is 2. The van der Waals surface area contributed by atoms with Crippen LogP contribution in [-0.4, -0.2) is 60.5 Å². The van der Waals surface area contributed by atoms with Crippen LogP contribution in [0.2, 0.25) is 0 Å². The van der Waals surface area contributed by atoms with E-state index >= 15 is 0 Å². The number of fused-ring (bicyclic) bond motifs is 1. The molecular formula is C17H22FN3O2. The molecule has 6 heteroatoms. The van der Waals surface area contributed by atoms with Crippen molar-refractivity contribution in [2.45, 2.75) is 13.0 Å². The Kier molecular flexibility index (Phi) is 5.05. The third-order valence-electron chi connectivity index (χ3n) is 4.00. The number of aryl methyl sites for hydroxylation is 1. The molecule has 5 nitrogen and oxygen atoms in total. The number of pyridine rings is 1. The van der Waals surface area contributed by atoms with Gasteiger partial charge in [0, 0.05) is 42.9 Å². The molecule has 0 aliphatic carbocycles. The van der Waals surface area contributed by atoms with Crippen molar-refractivity contribution >= 4 is 16.6 Å². The number of halogens is 1. The predicted molar refractivity (Wildman–Crippen MR) is 88.2 cm³/mol. The van der Waals surface area contributed by atoms with Gasteiger partial charge in [0.2, 0.25) is 0 Å². The lowest BCUT2D eigenvalue weighted by Crippen LogP contribution is -2.42. The van der Waals surface area contributed by atoms with Gasteiger partial charge in [0.05, 0.1) is 24.8 Å². The molecule has 1 aliphatic heterocycles. The number of ether oxygens (including phenoxy) is 1. The van der Waals surface area contributed by atoms with E-state index in [1.165, 1.54) is 12.1 Å². The third kappa shape index (κ3) is 4.16. The number of aliphatic hydroxyl groups excluding tert-OH is 1. The highest BCUT2D eigenvalue weighted by Crippen LogP contribution is 2.24. The van der Waals surface area contributed by atoms with Gasteiger partial charge in [0.15, 0.2) is 0 Å². The number of β-amino-alcohol motifs (C(OH)–C–C–N with tert-alkyl or cyclic N) is 1. The van der Waals surface area contributed by atoms with Crippen LogP contribution < -0.4 is 5.32 Å². The number of hydrogen-bond acceptors (Lipinski definition) is 5. The van der Waals surface area contributed by atoms with Gasteiger partial charge in [-0.25, -0.2) is 4.39 Å². The van der Waals surface area contributed by atoms with Gasteiger partial charge in [-0.1, -0.05) is 0 Å². The topological polar surface area (TPSA) is 57.6 Å². The molecule has 1 fully saturated rings. The zero-order valence-corrected chi connectivity index (χ0v) is 13.3. The number of hydrogen-bond donors (Lipinski definition) is 2. The number of anilines is 1. The molecule has 23 heavy (non-hydrogen) atoms. The highest BCUT2D eigenvalue weighted by atomic mass is 19.1. The average Bonchev–Trinajstić information content (AvgIpc) is 2.54. The Morgan fingerprint density at radius 1 is 1.35 bits per heavy atom. The Bertz CT molecular complexity index is 674. The summed E-state index contributed by atoms with van der Waals surface area (Å²) >= 11 is 0. The lowest BCUT2D eigenvalue weighted by Gasteiger charge is -2.28. The Labute approximate surface area is 135 Å². The Balaban J connectivity index is 1.67. The van der Waals surface area contributed by atoms with Crippen molar-refractivity contribution in [3.8, 4) is 0 Å². The smallest absolute Gasteiger partial charge is 0.124 e. The van der Waals surface area contributed by atoms with Gasteiger partial charge in [-0.05, 0) is 31.2 Å². The minimum atomic E-state index is -0.495. The minimum Gasteiger partial charge on any atom is -0.390 e. The predicted octanol–water partition coefficient (Wildman–Crippen LogP) is 1.79. The van der Waals surface area contributed by atoms with E-state index in [1.807, 2.05) is 13.0 Å². The summed E-state index contributed by atoms with van der Waals surface area (Å²) in [5.41, 5.74) is 2.40. The largest absolute Gasteiger partial charge is 0.390 e. The second-order valence-electron chi connectivity index (χ2n) is 5.92. The number of nitrogens with one attached hydrogen (secondary N) is 1. The fraction of sp³-hybridized carbons (Fsp3) is 0.471.